The Balaban J connectivity index is 2.07. The van der Waals surface area contributed by atoms with E-state index in [4.69, 9.17) is 10.5 Å². The Morgan fingerprint density at radius 3 is 3.06 bits per heavy atom. The topological polar surface area (TPSA) is 66.0 Å². The molecule has 0 spiro atoms. The van der Waals surface area contributed by atoms with Crippen LogP contribution in [0.4, 0.5) is 0 Å². The second-order valence-corrected chi connectivity index (χ2v) is 4.25. The largest absolute Gasteiger partial charge is 0.378 e. The fourth-order valence-corrected chi connectivity index (χ4v) is 1.76. The van der Waals surface area contributed by atoms with E-state index in [1.54, 1.807) is 12.5 Å². The molecule has 6 heteroatoms. The first-order valence-electron chi connectivity index (χ1n) is 5.05. The van der Waals surface area contributed by atoms with Gasteiger partial charge in [0.05, 0.1) is 19.5 Å². The van der Waals surface area contributed by atoms with Crippen molar-refractivity contribution in [3.63, 3.8) is 0 Å². The van der Waals surface area contributed by atoms with Crippen LogP contribution in [0.15, 0.2) is 23.1 Å². The lowest BCUT2D eigenvalue weighted by Crippen LogP contribution is -2.12. The van der Waals surface area contributed by atoms with Crippen LogP contribution in [0, 0.1) is 0 Å². The van der Waals surface area contributed by atoms with E-state index in [0.717, 1.165) is 22.2 Å². The van der Waals surface area contributed by atoms with Gasteiger partial charge in [0, 0.05) is 23.8 Å². The molecule has 0 aliphatic rings. The molecule has 0 atom stereocenters. The molecular formula is C10H13BrN4O. The number of fused-ring (bicyclic) bond motifs is 1. The van der Waals surface area contributed by atoms with Crippen molar-refractivity contribution >= 4 is 27.1 Å². The fraction of sp³-hybridized carbons (Fsp3) is 0.400. The maximum absolute atomic E-state index is 5.33. The lowest BCUT2D eigenvalue weighted by Gasteiger charge is -2.04. The zero-order valence-corrected chi connectivity index (χ0v) is 10.4. The number of aromatic nitrogens is 3. The molecule has 0 aliphatic heterocycles. The van der Waals surface area contributed by atoms with Gasteiger partial charge >= 0.3 is 0 Å². The Morgan fingerprint density at radius 2 is 2.25 bits per heavy atom. The van der Waals surface area contributed by atoms with Crippen LogP contribution >= 0.6 is 15.9 Å². The van der Waals surface area contributed by atoms with Crippen molar-refractivity contribution < 1.29 is 4.74 Å². The number of nitrogens with two attached hydrogens (primary N) is 1. The lowest BCUT2D eigenvalue weighted by molar-refractivity contribution is 0.134. The highest BCUT2D eigenvalue weighted by Crippen LogP contribution is 2.15. The summed E-state index contributed by atoms with van der Waals surface area (Å²) >= 11 is 3.36. The van der Waals surface area contributed by atoms with Crippen molar-refractivity contribution in [3.8, 4) is 0 Å². The molecule has 0 unspecified atom stereocenters. The van der Waals surface area contributed by atoms with Gasteiger partial charge in [-0.15, -0.1) is 0 Å². The summed E-state index contributed by atoms with van der Waals surface area (Å²) < 4.78 is 8.22. The molecule has 2 aromatic rings. The first kappa shape index (κ1) is 11.5. The van der Waals surface area contributed by atoms with E-state index < -0.39 is 0 Å². The smallest absolute Gasteiger partial charge is 0.159 e. The third-order valence-corrected chi connectivity index (χ3v) is 2.59. The van der Waals surface area contributed by atoms with Crippen LogP contribution in [-0.2, 0) is 11.3 Å². The van der Waals surface area contributed by atoms with E-state index in [1.165, 1.54) is 0 Å². The van der Waals surface area contributed by atoms with Crippen molar-refractivity contribution in [1.29, 1.82) is 0 Å². The summed E-state index contributed by atoms with van der Waals surface area (Å²) in [5.41, 5.74) is 7.09. The van der Waals surface area contributed by atoms with Gasteiger partial charge in [0.2, 0.25) is 0 Å². The molecule has 0 bridgehead atoms. The number of pyridine rings is 1. The zero-order chi connectivity index (χ0) is 11.4. The number of rotatable bonds is 5. The fourth-order valence-electron chi connectivity index (χ4n) is 1.44. The number of nitrogens with zero attached hydrogens (tertiary/aromatic N) is 3. The van der Waals surface area contributed by atoms with Gasteiger partial charge in [-0.1, -0.05) is 0 Å². The van der Waals surface area contributed by atoms with Crippen LogP contribution in [0.25, 0.3) is 11.2 Å². The number of ether oxygens (including phenoxy) is 1. The summed E-state index contributed by atoms with van der Waals surface area (Å²) in [6.07, 6.45) is 3.54. The van der Waals surface area contributed by atoms with Gasteiger partial charge in [-0.2, -0.15) is 0 Å². The third-order valence-electron chi connectivity index (χ3n) is 2.16. The van der Waals surface area contributed by atoms with Crippen molar-refractivity contribution in [2.75, 3.05) is 19.8 Å². The van der Waals surface area contributed by atoms with Crippen molar-refractivity contribution in [3.05, 3.63) is 23.1 Å². The van der Waals surface area contributed by atoms with E-state index in [-0.39, 0.29) is 0 Å². The highest BCUT2D eigenvalue weighted by molar-refractivity contribution is 9.10. The van der Waals surface area contributed by atoms with Gasteiger partial charge in [0.1, 0.15) is 5.52 Å². The highest BCUT2D eigenvalue weighted by atomic mass is 79.9. The Hall–Kier alpha value is -0.980. The molecule has 2 N–H and O–H groups in total. The van der Waals surface area contributed by atoms with E-state index in [1.807, 2.05) is 10.6 Å². The van der Waals surface area contributed by atoms with Gasteiger partial charge in [0.15, 0.2) is 5.65 Å². The van der Waals surface area contributed by atoms with Crippen molar-refractivity contribution in [1.82, 2.24) is 14.5 Å². The van der Waals surface area contributed by atoms with Gasteiger partial charge < -0.3 is 15.0 Å². The molecule has 2 aromatic heterocycles. The molecule has 0 aliphatic carbocycles. The minimum absolute atomic E-state index is 0.551. The summed E-state index contributed by atoms with van der Waals surface area (Å²) in [7, 11) is 0. The standard InChI is InChI=1S/C10H13BrN4O/c11-8-5-9-10(13-6-8)15(7-14-9)2-4-16-3-1-12/h5-7H,1-4,12H2. The Bertz CT molecular complexity index is 471. The first-order valence-corrected chi connectivity index (χ1v) is 5.85. The van der Waals surface area contributed by atoms with E-state index in [2.05, 4.69) is 25.9 Å². The second kappa shape index (κ2) is 5.38. The van der Waals surface area contributed by atoms with Crippen LogP contribution in [-0.4, -0.2) is 34.3 Å². The van der Waals surface area contributed by atoms with Gasteiger partial charge in [-0.25, -0.2) is 9.97 Å². The molecule has 0 aromatic carbocycles. The molecule has 5 nitrogen and oxygen atoms in total. The van der Waals surface area contributed by atoms with Crippen LogP contribution in [0.3, 0.4) is 0 Å². The molecule has 86 valence electrons. The summed E-state index contributed by atoms with van der Waals surface area (Å²) in [5, 5.41) is 0. The first-order chi connectivity index (χ1) is 7.81. The summed E-state index contributed by atoms with van der Waals surface area (Å²) in [5.74, 6) is 0. The van der Waals surface area contributed by atoms with Crippen molar-refractivity contribution in [2.24, 2.45) is 5.73 Å². The Kier molecular flexibility index (Phi) is 3.87. The Labute approximate surface area is 102 Å². The van der Waals surface area contributed by atoms with Gasteiger partial charge in [0.25, 0.3) is 0 Å². The maximum Gasteiger partial charge on any atom is 0.159 e. The van der Waals surface area contributed by atoms with E-state index in [0.29, 0.717) is 19.8 Å². The highest BCUT2D eigenvalue weighted by Gasteiger charge is 2.03. The lowest BCUT2D eigenvalue weighted by atomic mass is 10.4. The van der Waals surface area contributed by atoms with Crippen LogP contribution in [0.2, 0.25) is 0 Å². The normalized spacial score (nSPS) is 11.1. The average molecular weight is 285 g/mol. The minimum Gasteiger partial charge on any atom is -0.378 e. The van der Waals surface area contributed by atoms with E-state index >= 15 is 0 Å². The molecule has 0 saturated carbocycles. The number of halogens is 1. The summed E-state index contributed by atoms with van der Waals surface area (Å²) in [6, 6.07) is 1.94. The molecule has 0 amide bonds. The zero-order valence-electron chi connectivity index (χ0n) is 8.77. The molecule has 16 heavy (non-hydrogen) atoms. The predicted octanol–water partition coefficient (Wildman–Crippen LogP) is 1.17. The number of hydrogen-bond donors (Lipinski definition) is 1. The average Bonchev–Trinajstić information content (AvgIpc) is 2.67. The number of imidazole rings is 1. The molecule has 2 rings (SSSR count). The molecule has 0 saturated heterocycles. The van der Waals surface area contributed by atoms with Crippen LogP contribution in [0.1, 0.15) is 0 Å². The Morgan fingerprint density at radius 1 is 1.38 bits per heavy atom. The second-order valence-electron chi connectivity index (χ2n) is 3.34. The quantitative estimate of drug-likeness (QED) is 0.837. The monoisotopic (exact) mass is 284 g/mol. The summed E-state index contributed by atoms with van der Waals surface area (Å²) in [4.78, 5) is 8.58. The summed E-state index contributed by atoms with van der Waals surface area (Å²) in [6.45, 7) is 2.51. The number of hydrogen-bond acceptors (Lipinski definition) is 4. The molecule has 2 heterocycles. The maximum atomic E-state index is 5.33. The predicted molar refractivity (Wildman–Crippen MR) is 65.1 cm³/mol. The van der Waals surface area contributed by atoms with Gasteiger partial charge in [-0.05, 0) is 22.0 Å². The van der Waals surface area contributed by atoms with Gasteiger partial charge in [-0.3, -0.25) is 0 Å². The van der Waals surface area contributed by atoms with Crippen LogP contribution < -0.4 is 5.73 Å². The van der Waals surface area contributed by atoms with E-state index in [9.17, 15) is 0 Å². The molecule has 0 fully saturated rings. The SMILES string of the molecule is NCCOCCn1cnc2cc(Br)cnc21. The third kappa shape index (κ3) is 2.58. The van der Waals surface area contributed by atoms with Crippen molar-refractivity contribution in [2.45, 2.75) is 6.54 Å². The van der Waals surface area contributed by atoms with Crippen LogP contribution in [0.5, 0.6) is 0 Å². The molecule has 0 radical (unpaired) electrons. The molecular weight excluding hydrogens is 272 g/mol. The minimum atomic E-state index is 0.551.